The number of hydrogen-bond acceptors (Lipinski definition) is 3. The van der Waals surface area contributed by atoms with Crippen molar-refractivity contribution in [1.82, 2.24) is 10.3 Å². The van der Waals surface area contributed by atoms with Crippen LogP contribution < -0.4 is 5.32 Å². The fraction of sp³-hybridized carbons (Fsp3) is 0.250. The van der Waals surface area contributed by atoms with Crippen LogP contribution in [-0.2, 0) is 19.7 Å². The number of hydrogen-bond donors (Lipinski definition) is 2. The summed E-state index contributed by atoms with van der Waals surface area (Å²) in [6.07, 6.45) is 1.90. The van der Waals surface area contributed by atoms with Crippen molar-refractivity contribution in [2.24, 2.45) is 0 Å². The van der Waals surface area contributed by atoms with E-state index in [1.54, 1.807) is 0 Å². The number of pyridine rings is 1. The first-order chi connectivity index (χ1) is 7.79. The zero-order valence-corrected chi connectivity index (χ0v) is 9.38. The normalized spacial score (nSPS) is 14.4. The molecular weight excluding hydrogens is 224 g/mol. The van der Waals surface area contributed by atoms with Gasteiger partial charge < -0.3 is 10.4 Å². The number of aliphatic hydroxyl groups is 1. The van der Waals surface area contributed by atoms with Crippen molar-refractivity contribution in [3.05, 3.63) is 40.0 Å². The maximum Gasteiger partial charge on any atom is 0.0720 e. The SMILES string of the molecule is OCc1cc2c3c(cnc2cc1Cl)CNC3. The molecule has 0 spiro atoms. The van der Waals surface area contributed by atoms with Crippen LogP contribution >= 0.6 is 11.6 Å². The van der Waals surface area contributed by atoms with E-state index >= 15 is 0 Å². The summed E-state index contributed by atoms with van der Waals surface area (Å²) in [6, 6.07) is 3.76. The van der Waals surface area contributed by atoms with Gasteiger partial charge in [-0.05, 0) is 28.8 Å². The molecule has 1 aromatic heterocycles. The van der Waals surface area contributed by atoms with Gasteiger partial charge in [0.15, 0.2) is 0 Å². The maximum absolute atomic E-state index is 9.21. The molecule has 16 heavy (non-hydrogen) atoms. The number of aromatic nitrogens is 1. The van der Waals surface area contributed by atoms with E-state index in [4.69, 9.17) is 11.6 Å². The van der Waals surface area contributed by atoms with Crippen LogP contribution in [0.5, 0.6) is 0 Å². The Balaban J connectivity index is 2.34. The number of aliphatic hydroxyl groups excluding tert-OH is 1. The molecule has 0 saturated carbocycles. The third-order valence-electron chi connectivity index (χ3n) is 3.02. The van der Waals surface area contributed by atoms with Gasteiger partial charge in [0.05, 0.1) is 12.1 Å². The first-order valence-electron chi connectivity index (χ1n) is 5.20. The Morgan fingerprint density at radius 1 is 1.38 bits per heavy atom. The van der Waals surface area contributed by atoms with Gasteiger partial charge in [0.2, 0.25) is 0 Å². The van der Waals surface area contributed by atoms with E-state index in [-0.39, 0.29) is 6.61 Å². The van der Waals surface area contributed by atoms with E-state index in [0.717, 1.165) is 29.6 Å². The molecule has 2 heterocycles. The number of nitrogens with one attached hydrogen (secondary N) is 1. The largest absolute Gasteiger partial charge is 0.392 e. The highest BCUT2D eigenvalue weighted by molar-refractivity contribution is 6.32. The van der Waals surface area contributed by atoms with Gasteiger partial charge >= 0.3 is 0 Å². The van der Waals surface area contributed by atoms with Crippen molar-refractivity contribution < 1.29 is 5.11 Å². The highest BCUT2D eigenvalue weighted by Crippen LogP contribution is 2.28. The minimum absolute atomic E-state index is 0.0358. The summed E-state index contributed by atoms with van der Waals surface area (Å²) < 4.78 is 0. The van der Waals surface area contributed by atoms with Gasteiger partial charge in [0.25, 0.3) is 0 Å². The van der Waals surface area contributed by atoms with Gasteiger partial charge in [-0.15, -0.1) is 0 Å². The topological polar surface area (TPSA) is 45.2 Å². The summed E-state index contributed by atoms with van der Waals surface area (Å²) in [5.41, 5.74) is 4.16. The summed E-state index contributed by atoms with van der Waals surface area (Å²) in [5.74, 6) is 0. The third-order valence-corrected chi connectivity index (χ3v) is 3.38. The molecule has 0 aliphatic carbocycles. The lowest BCUT2D eigenvalue weighted by Crippen LogP contribution is -2.00. The number of nitrogens with zero attached hydrogens (tertiary/aromatic N) is 1. The summed E-state index contributed by atoms with van der Waals surface area (Å²) in [7, 11) is 0. The Labute approximate surface area is 98.1 Å². The standard InChI is InChI=1S/C12H11ClN2O/c13-11-2-12-9(1-7(11)6-16)10-5-14-3-8(10)4-15-12/h1-2,4,14,16H,3,5-6H2. The molecule has 0 unspecified atom stereocenters. The molecule has 1 aromatic carbocycles. The first-order valence-corrected chi connectivity index (χ1v) is 5.58. The van der Waals surface area contributed by atoms with Gasteiger partial charge in [-0.2, -0.15) is 0 Å². The second-order valence-corrected chi connectivity index (χ2v) is 4.39. The van der Waals surface area contributed by atoms with Gasteiger partial charge in [-0.25, -0.2) is 0 Å². The minimum Gasteiger partial charge on any atom is -0.392 e. The highest BCUT2D eigenvalue weighted by atomic mass is 35.5. The molecule has 82 valence electrons. The van der Waals surface area contributed by atoms with Gasteiger partial charge in [-0.1, -0.05) is 11.6 Å². The van der Waals surface area contributed by atoms with E-state index in [1.807, 2.05) is 18.3 Å². The van der Waals surface area contributed by atoms with Crippen molar-refractivity contribution in [2.75, 3.05) is 0 Å². The predicted octanol–water partition coefficient (Wildman–Crippen LogP) is 1.98. The number of halogens is 1. The van der Waals surface area contributed by atoms with Crippen molar-refractivity contribution in [3.8, 4) is 0 Å². The minimum atomic E-state index is -0.0358. The van der Waals surface area contributed by atoms with Crippen LogP contribution in [0.1, 0.15) is 16.7 Å². The Morgan fingerprint density at radius 3 is 3.06 bits per heavy atom. The summed E-state index contributed by atoms with van der Waals surface area (Å²) in [6.45, 7) is 1.70. The summed E-state index contributed by atoms with van der Waals surface area (Å²) in [4.78, 5) is 4.38. The summed E-state index contributed by atoms with van der Waals surface area (Å²) in [5, 5.41) is 14.2. The first kappa shape index (κ1) is 10.0. The quantitative estimate of drug-likeness (QED) is 0.793. The van der Waals surface area contributed by atoms with Crippen LogP contribution in [0.4, 0.5) is 0 Å². The molecule has 1 aliphatic heterocycles. The zero-order chi connectivity index (χ0) is 11.1. The molecule has 0 amide bonds. The van der Waals surface area contributed by atoms with Gasteiger partial charge in [0.1, 0.15) is 0 Å². The molecular formula is C12H11ClN2O. The average Bonchev–Trinajstić information content (AvgIpc) is 2.76. The Kier molecular flexibility index (Phi) is 2.32. The van der Waals surface area contributed by atoms with Crippen LogP contribution in [0, 0.1) is 0 Å². The number of benzene rings is 1. The predicted molar refractivity (Wildman–Crippen MR) is 63.2 cm³/mol. The van der Waals surface area contributed by atoms with E-state index in [9.17, 15) is 5.11 Å². The second kappa shape index (κ2) is 3.70. The average molecular weight is 235 g/mol. The van der Waals surface area contributed by atoms with Crippen LogP contribution in [0.25, 0.3) is 10.9 Å². The molecule has 2 aromatic rings. The smallest absolute Gasteiger partial charge is 0.0720 e. The molecule has 0 bridgehead atoms. The van der Waals surface area contributed by atoms with Gasteiger partial charge in [0, 0.05) is 29.7 Å². The molecule has 0 atom stereocenters. The Hall–Kier alpha value is -1.16. The fourth-order valence-electron chi connectivity index (χ4n) is 2.16. The van der Waals surface area contributed by atoms with Crippen LogP contribution in [0.3, 0.4) is 0 Å². The molecule has 1 aliphatic rings. The zero-order valence-electron chi connectivity index (χ0n) is 8.63. The van der Waals surface area contributed by atoms with E-state index in [0.29, 0.717) is 5.02 Å². The van der Waals surface area contributed by atoms with Crippen molar-refractivity contribution in [1.29, 1.82) is 0 Å². The molecule has 0 fully saturated rings. The van der Waals surface area contributed by atoms with Crippen molar-refractivity contribution in [3.63, 3.8) is 0 Å². The van der Waals surface area contributed by atoms with Crippen LogP contribution in [0.2, 0.25) is 5.02 Å². The molecule has 0 radical (unpaired) electrons. The number of fused-ring (bicyclic) bond motifs is 3. The molecule has 3 rings (SSSR count). The lowest BCUT2D eigenvalue weighted by molar-refractivity contribution is 0.282. The monoisotopic (exact) mass is 234 g/mol. The Morgan fingerprint density at radius 2 is 2.25 bits per heavy atom. The van der Waals surface area contributed by atoms with Crippen LogP contribution in [0.15, 0.2) is 18.3 Å². The van der Waals surface area contributed by atoms with Gasteiger partial charge in [-0.3, -0.25) is 4.98 Å². The second-order valence-electron chi connectivity index (χ2n) is 3.98. The molecule has 4 heteroatoms. The van der Waals surface area contributed by atoms with E-state index in [2.05, 4.69) is 10.3 Å². The lowest BCUT2D eigenvalue weighted by Gasteiger charge is -2.07. The molecule has 0 saturated heterocycles. The third kappa shape index (κ3) is 1.40. The van der Waals surface area contributed by atoms with E-state index < -0.39 is 0 Å². The van der Waals surface area contributed by atoms with Crippen LogP contribution in [-0.4, -0.2) is 10.1 Å². The number of rotatable bonds is 1. The summed E-state index contributed by atoms with van der Waals surface area (Å²) >= 11 is 6.04. The van der Waals surface area contributed by atoms with Crippen molar-refractivity contribution >= 4 is 22.5 Å². The molecule has 3 nitrogen and oxygen atoms in total. The fourth-order valence-corrected chi connectivity index (χ4v) is 2.38. The highest BCUT2D eigenvalue weighted by Gasteiger charge is 2.15. The lowest BCUT2D eigenvalue weighted by atomic mass is 10.0. The Bertz CT molecular complexity index is 568. The van der Waals surface area contributed by atoms with Crippen molar-refractivity contribution in [2.45, 2.75) is 19.7 Å². The van der Waals surface area contributed by atoms with E-state index in [1.165, 1.54) is 11.1 Å². The maximum atomic E-state index is 9.21. The molecule has 2 N–H and O–H groups in total.